The molecule has 0 aliphatic heterocycles. The van der Waals surface area contributed by atoms with E-state index in [2.05, 4.69) is 4.72 Å². The third-order valence-corrected chi connectivity index (χ3v) is 6.31. The summed E-state index contributed by atoms with van der Waals surface area (Å²) in [5, 5.41) is 8.23. The summed E-state index contributed by atoms with van der Waals surface area (Å²) in [5.74, 6) is 0.292. The molecule has 0 amide bonds. The van der Waals surface area contributed by atoms with Crippen LogP contribution >= 0.6 is 35.0 Å². The van der Waals surface area contributed by atoms with Crippen LogP contribution in [0.5, 0.6) is 0 Å². The van der Waals surface area contributed by atoms with E-state index < -0.39 is 31.7 Å². The van der Waals surface area contributed by atoms with Crippen molar-refractivity contribution in [2.24, 2.45) is 0 Å². The molecule has 2 aromatic carbocycles. The zero-order valence-electron chi connectivity index (χ0n) is 12.8. The summed E-state index contributed by atoms with van der Waals surface area (Å²) in [7, 11) is -4.41. The standard InChI is InChI=1S/C15H12Cl2F3NO3S2/c16-9-4-5-12(25-7-6-22)11(8-9)21-26(23,24)13-3-1-2-10(14(13)17)15(18,19)20/h1-5,8,21-22H,6-7H2. The van der Waals surface area contributed by atoms with E-state index in [9.17, 15) is 21.6 Å². The van der Waals surface area contributed by atoms with E-state index in [0.29, 0.717) is 16.7 Å². The topological polar surface area (TPSA) is 66.4 Å². The van der Waals surface area contributed by atoms with Crippen molar-refractivity contribution in [2.45, 2.75) is 16.0 Å². The van der Waals surface area contributed by atoms with Crippen molar-refractivity contribution in [3.05, 3.63) is 52.0 Å². The number of hydrogen-bond acceptors (Lipinski definition) is 4. The van der Waals surface area contributed by atoms with Crippen molar-refractivity contribution in [1.29, 1.82) is 0 Å². The molecule has 26 heavy (non-hydrogen) atoms. The fourth-order valence-corrected chi connectivity index (χ4v) is 4.69. The second kappa shape index (κ2) is 8.26. The molecule has 0 fully saturated rings. The molecule has 0 saturated heterocycles. The van der Waals surface area contributed by atoms with Crippen molar-refractivity contribution in [3.8, 4) is 0 Å². The van der Waals surface area contributed by atoms with E-state index in [-0.39, 0.29) is 17.3 Å². The maximum atomic E-state index is 13.0. The van der Waals surface area contributed by atoms with Gasteiger partial charge in [0.25, 0.3) is 10.0 Å². The van der Waals surface area contributed by atoms with Crippen LogP contribution in [0.3, 0.4) is 0 Å². The van der Waals surface area contributed by atoms with Crippen LogP contribution < -0.4 is 4.72 Å². The van der Waals surface area contributed by atoms with Gasteiger partial charge in [0.2, 0.25) is 0 Å². The summed E-state index contributed by atoms with van der Waals surface area (Å²) in [5.41, 5.74) is -1.17. The number of rotatable bonds is 6. The summed E-state index contributed by atoms with van der Waals surface area (Å²) in [6.45, 7) is -0.140. The van der Waals surface area contributed by atoms with Crippen molar-refractivity contribution in [3.63, 3.8) is 0 Å². The summed E-state index contributed by atoms with van der Waals surface area (Å²) in [6.07, 6.45) is -4.79. The highest BCUT2D eigenvalue weighted by Gasteiger charge is 2.35. The van der Waals surface area contributed by atoms with Crippen molar-refractivity contribution >= 4 is 50.7 Å². The number of sulfonamides is 1. The number of nitrogens with one attached hydrogen (secondary N) is 1. The van der Waals surface area contributed by atoms with Gasteiger partial charge in [-0.2, -0.15) is 13.2 Å². The van der Waals surface area contributed by atoms with Crippen molar-refractivity contribution in [2.75, 3.05) is 17.1 Å². The van der Waals surface area contributed by atoms with E-state index in [1.165, 1.54) is 18.2 Å². The zero-order chi connectivity index (χ0) is 19.5. The van der Waals surface area contributed by atoms with Gasteiger partial charge in [0.15, 0.2) is 0 Å². The number of anilines is 1. The van der Waals surface area contributed by atoms with Gasteiger partial charge in [0, 0.05) is 15.7 Å². The minimum Gasteiger partial charge on any atom is -0.396 e. The highest BCUT2D eigenvalue weighted by Crippen LogP contribution is 2.39. The molecule has 0 heterocycles. The van der Waals surface area contributed by atoms with Crippen LogP contribution in [-0.4, -0.2) is 25.9 Å². The zero-order valence-corrected chi connectivity index (χ0v) is 16.0. The lowest BCUT2D eigenvalue weighted by atomic mass is 10.2. The van der Waals surface area contributed by atoms with Gasteiger partial charge in [-0.25, -0.2) is 8.42 Å². The molecular formula is C15H12Cl2F3NO3S2. The summed E-state index contributed by atoms with van der Waals surface area (Å²) >= 11 is 12.7. The summed E-state index contributed by atoms with van der Waals surface area (Å²) in [4.78, 5) is -0.248. The first kappa shape index (κ1) is 21.2. The van der Waals surface area contributed by atoms with Gasteiger partial charge in [-0.15, -0.1) is 11.8 Å². The predicted octanol–water partition coefficient (Wildman–Crippen LogP) is 4.90. The first-order valence-corrected chi connectivity index (χ1v) is 10.2. The monoisotopic (exact) mass is 445 g/mol. The Labute approximate surface area is 162 Å². The first-order valence-electron chi connectivity index (χ1n) is 6.98. The predicted molar refractivity (Wildman–Crippen MR) is 96.5 cm³/mol. The van der Waals surface area contributed by atoms with Gasteiger partial charge in [0.05, 0.1) is 22.9 Å². The second-order valence-electron chi connectivity index (χ2n) is 4.93. The molecule has 11 heteroatoms. The van der Waals surface area contributed by atoms with Gasteiger partial charge in [-0.3, -0.25) is 4.72 Å². The number of thioether (sulfide) groups is 1. The van der Waals surface area contributed by atoms with E-state index in [4.69, 9.17) is 28.3 Å². The smallest absolute Gasteiger partial charge is 0.396 e. The second-order valence-corrected chi connectivity index (χ2v) is 8.54. The van der Waals surface area contributed by atoms with Crippen molar-refractivity contribution < 1.29 is 26.7 Å². The maximum Gasteiger partial charge on any atom is 0.417 e. The van der Waals surface area contributed by atoms with E-state index >= 15 is 0 Å². The van der Waals surface area contributed by atoms with E-state index in [1.807, 2.05) is 0 Å². The largest absolute Gasteiger partial charge is 0.417 e. The number of aliphatic hydroxyl groups is 1. The molecule has 0 atom stereocenters. The Morgan fingerprint density at radius 1 is 1.15 bits per heavy atom. The maximum absolute atomic E-state index is 13.0. The third kappa shape index (κ3) is 4.98. The lowest BCUT2D eigenvalue weighted by molar-refractivity contribution is -0.137. The highest BCUT2D eigenvalue weighted by molar-refractivity contribution is 7.99. The lowest BCUT2D eigenvalue weighted by Gasteiger charge is -2.15. The van der Waals surface area contributed by atoms with Crippen LogP contribution in [0.4, 0.5) is 18.9 Å². The molecule has 0 bridgehead atoms. The van der Waals surface area contributed by atoms with E-state index in [0.717, 1.165) is 23.9 Å². The average molecular weight is 446 g/mol. The van der Waals surface area contributed by atoms with Crippen LogP contribution in [0.2, 0.25) is 10.0 Å². The minimum absolute atomic E-state index is 0.0735. The van der Waals surface area contributed by atoms with Crippen LogP contribution in [0, 0.1) is 0 Å². The SMILES string of the molecule is O=S(=O)(Nc1cc(Cl)ccc1SCCO)c1cccc(C(F)(F)F)c1Cl. The Kier molecular flexibility index (Phi) is 6.73. The molecule has 0 saturated carbocycles. The fraction of sp³-hybridized carbons (Fsp3) is 0.200. The van der Waals surface area contributed by atoms with Gasteiger partial charge in [0.1, 0.15) is 4.90 Å². The minimum atomic E-state index is -4.79. The van der Waals surface area contributed by atoms with E-state index in [1.54, 1.807) is 0 Å². The summed E-state index contributed by atoms with van der Waals surface area (Å²) < 4.78 is 66.2. The molecule has 2 rings (SSSR count). The average Bonchev–Trinajstić information content (AvgIpc) is 2.52. The molecule has 0 aliphatic carbocycles. The van der Waals surface area contributed by atoms with Crippen molar-refractivity contribution in [1.82, 2.24) is 0 Å². The van der Waals surface area contributed by atoms with Gasteiger partial charge in [-0.1, -0.05) is 29.3 Å². The molecule has 2 N–H and O–H groups in total. The Balaban J connectivity index is 2.46. The van der Waals surface area contributed by atoms with Gasteiger partial charge >= 0.3 is 6.18 Å². The molecule has 0 aromatic heterocycles. The quantitative estimate of drug-likeness (QED) is 0.620. The number of alkyl halides is 3. The molecular weight excluding hydrogens is 434 g/mol. The fourth-order valence-electron chi connectivity index (χ4n) is 2.00. The third-order valence-electron chi connectivity index (χ3n) is 3.09. The van der Waals surface area contributed by atoms with Crippen LogP contribution in [0.1, 0.15) is 5.56 Å². The molecule has 2 aromatic rings. The lowest BCUT2D eigenvalue weighted by Crippen LogP contribution is -2.16. The molecule has 142 valence electrons. The number of hydrogen-bond donors (Lipinski definition) is 2. The Hall–Kier alpha value is -1.13. The summed E-state index contributed by atoms with van der Waals surface area (Å²) in [6, 6.07) is 7.02. The molecule has 0 radical (unpaired) electrons. The number of benzene rings is 2. The number of halogens is 5. The number of aliphatic hydroxyl groups excluding tert-OH is 1. The molecule has 0 aliphatic rings. The Morgan fingerprint density at radius 2 is 1.85 bits per heavy atom. The first-order chi connectivity index (χ1) is 12.1. The van der Waals surface area contributed by atoms with Gasteiger partial charge in [-0.05, 0) is 30.3 Å². The highest BCUT2D eigenvalue weighted by atomic mass is 35.5. The van der Waals surface area contributed by atoms with Gasteiger partial charge < -0.3 is 5.11 Å². The Bertz CT molecular complexity index is 905. The molecule has 0 unspecified atom stereocenters. The van der Waals surface area contributed by atoms with Crippen LogP contribution in [0.25, 0.3) is 0 Å². The normalized spacial score (nSPS) is 12.2. The van der Waals surface area contributed by atoms with Crippen LogP contribution in [0.15, 0.2) is 46.2 Å². The molecule has 0 spiro atoms. The molecule has 4 nitrogen and oxygen atoms in total. The van der Waals surface area contributed by atoms with Crippen LogP contribution in [-0.2, 0) is 16.2 Å². The Morgan fingerprint density at radius 3 is 2.46 bits per heavy atom.